The molecular weight excluding hydrogens is 1170 g/mol. The zero-order valence-corrected chi connectivity index (χ0v) is 50.0. The molecule has 0 bridgehead atoms. The van der Waals surface area contributed by atoms with Gasteiger partial charge in [0.05, 0.1) is 103 Å². The first kappa shape index (κ1) is 56.4. The monoisotopic (exact) mass is 1210 g/mol. The number of benzene rings is 10. The molecule has 0 atom stereocenters. The maximum absolute atomic E-state index is 15.8. The first-order valence-electron chi connectivity index (χ1n) is 30.6. The van der Waals surface area contributed by atoms with Crippen LogP contribution in [0.5, 0.6) is 0 Å². The van der Waals surface area contributed by atoms with Gasteiger partial charge in [-0.05, 0) is 90.5 Å². The molecule has 0 aliphatic heterocycles. The molecular formula is C83H49F3N8. The molecule has 6 aromatic heterocycles. The average Bonchev–Trinajstić information content (AvgIpc) is 1.52. The number of fused-ring (bicyclic) bond motifs is 6. The summed E-state index contributed by atoms with van der Waals surface area (Å²) in [5.41, 5.74) is 14.8. The molecule has 0 aliphatic rings. The standard InChI is InChI=1S/C83H49F3N8/c1-88-75-36-14-27-66(83(84,85)86)82(75)65-50-81(94-78-47-58(73-34-17-30-69(91-73)54-23-10-4-11-24-54)39-43-63(78)64-44-40-59(48-79(64)94)74-35-18-31-70(92-74)55-25-12-5-13-26-55)80(49-60(65)51-87)93-76-45-56(71-32-15-28-67(89-71)52-19-6-2-7-20-52)37-41-61(76)62-42-38-57(46-77(62)93)72-33-16-29-68(90-72)53-21-8-3-9-22-53/h2-50H. The summed E-state index contributed by atoms with van der Waals surface area (Å²) in [6.45, 7) is 8.41. The summed E-state index contributed by atoms with van der Waals surface area (Å²) in [4.78, 5) is 24.6. The molecule has 11 heteroatoms. The molecule has 0 radical (unpaired) electrons. The number of nitrogens with zero attached hydrogens (tertiary/aromatic N) is 8. The highest BCUT2D eigenvalue weighted by molar-refractivity contribution is 6.14. The van der Waals surface area contributed by atoms with Crippen molar-refractivity contribution in [2.75, 3.05) is 0 Å². The molecule has 94 heavy (non-hydrogen) atoms. The number of aromatic nitrogens is 6. The van der Waals surface area contributed by atoms with Crippen LogP contribution in [0.3, 0.4) is 0 Å². The van der Waals surface area contributed by atoms with E-state index in [-0.39, 0.29) is 16.8 Å². The van der Waals surface area contributed by atoms with Crippen molar-refractivity contribution in [2.45, 2.75) is 6.18 Å². The van der Waals surface area contributed by atoms with Crippen LogP contribution in [-0.4, -0.2) is 29.1 Å². The van der Waals surface area contributed by atoms with Gasteiger partial charge < -0.3 is 9.13 Å². The Labute approximate surface area is 538 Å². The van der Waals surface area contributed by atoms with Crippen LogP contribution in [0.15, 0.2) is 297 Å². The minimum absolute atomic E-state index is 0.0667. The third-order valence-electron chi connectivity index (χ3n) is 17.4. The van der Waals surface area contributed by atoms with E-state index in [4.69, 9.17) is 26.5 Å². The number of pyridine rings is 4. The van der Waals surface area contributed by atoms with Crippen LogP contribution in [0.2, 0.25) is 0 Å². The van der Waals surface area contributed by atoms with Gasteiger partial charge >= 0.3 is 6.18 Å². The Hall–Kier alpha value is -12.8. The number of nitriles is 1. The van der Waals surface area contributed by atoms with E-state index < -0.39 is 17.3 Å². The Balaban J connectivity index is 1.04. The molecule has 6 heterocycles. The van der Waals surface area contributed by atoms with Crippen LogP contribution in [0.1, 0.15) is 11.1 Å². The molecule has 0 spiro atoms. The van der Waals surface area contributed by atoms with Crippen LogP contribution in [-0.2, 0) is 6.18 Å². The first-order chi connectivity index (χ1) is 46.1. The Morgan fingerprint density at radius 1 is 0.330 bits per heavy atom. The fourth-order valence-electron chi connectivity index (χ4n) is 13.0. The topological polar surface area (TPSA) is 89.6 Å². The van der Waals surface area contributed by atoms with Crippen molar-refractivity contribution < 1.29 is 13.2 Å². The quantitative estimate of drug-likeness (QED) is 0.120. The molecule has 0 saturated carbocycles. The number of alkyl halides is 3. The van der Waals surface area contributed by atoms with Crippen molar-refractivity contribution in [1.29, 1.82) is 5.26 Å². The van der Waals surface area contributed by atoms with Gasteiger partial charge in [0.15, 0.2) is 5.69 Å². The van der Waals surface area contributed by atoms with Crippen molar-refractivity contribution in [1.82, 2.24) is 29.1 Å². The second kappa shape index (κ2) is 23.2. The second-order valence-corrected chi connectivity index (χ2v) is 23.0. The van der Waals surface area contributed by atoms with Gasteiger partial charge in [-0.15, -0.1) is 0 Å². The summed E-state index contributed by atoms with van der Waals surface area (Å²) >= 11 is 0. The maximum atomic E-state index is 15.8. The lowest BCUT2D eigenvalue weighted by Crippen LogP contribution is -2.09. The van der Waals surface area contributed by atoms with Crippen molar-refractivity contribution >= 4 is 49.3 Å². The first-order valence-corrected chi connectivity index (χ1v) is 30.6. The summed E-state index contributed by atoms with van der Waals surface area (Å²) < 4.78 is 51.6. The second-order valence-electron chi connectivity index (χ2n) is 23.0. The van der Waals surface area contributed by atoms with Crippen LogP contribution in [0, 0.1) is 17.9 Å². The van der Waals surface area contributed by atoms with Gasteiger partial charge in [-0.2, -0.15) is 18.4 Å². The largest absolute Gasteiger partial charge is 0.415 e. The van der Waals surface area contributed by atoms with E-state index in [1.807, 2.05) is 206 Å². The van der Waals surface area contributed by atoms with Crippen molar-refractivity contribution in [3.05, 3.63) is 320 Å². The Kier molecular flexibility index (Phi) is 13.9. The predicted molar refractivity (Wildman–Crippen MR) is 371 cm³/mol. The zero-order chi connectivity index (χ0) is 63.4. The van der Waals surface area contributed by atoms with E-state index in [1.165, 1.54) is 12.1 Å². The smallest absolute Gasteiger partial charge is 0.307 e. The molecule has 0 amide bonds. The Bertz CT molecular complexity index is 5470. The Morgan fingerprint density at radius 3 is 0.926 bits per heavy atom. The molecule has 16 aromatic rings. The van der Waals surface area contributed by atoms with Crippen LogP contribution < -0.4 is 0 Å². The summed E-state index contributed by atoms with van der Waals surface area (Å²) in [7, 11) is 0. The minimum atomic E-state index is -4.92. The summed E-state index contributed by atoms with van der Waals surface area (Å²) in [5.74, 6) is 0. The summed E-state index contributed by atoms with van der Waals surface area (Å²) in [6, 6.07) is 97.9. The van der Waals surface area contributed by atoms with E-state index in [0.717, 1.165) is 106 Å². The highest BCUT2D eigenvalue weighted by atomic mass is 19.4. The maximum Gasteiger partial charge on any atom is 0.415 e. The fraction of sp³-hybridized carbons (Fsp3) is 0.0120. The lowest BCUT2D eigenvalue weighted by atomic mass is 9.92. The van der Waals surface area contributed by atoms with Crippen molar-refractivity contribution in [3.63, 3.8) is 0 Å². The van der Waals surface area contributed by atoms with Gasteiger partial charge in [0.2, 0.25) is 0 Å². The molecule has 0 N–H and O–H groups in total. The van der Waals surface area contributed by atoms with Crippen molar-refractivity contribution in [2.24, 2.45) is 0 Å². The third-order valence-corrected chi connectivity index (χ3v) is 17.4. The average molecular weight is 1220 g/mol. The number of hydrogen-bond donors (Lipinski definition) is 0. The predicted octanol–water partition coefficient (Wildman–Crippen LogP) is 21.9. The Morgan fingerprint density at radius 2 is 0.628 bits per heavy atom. The molecule has 0 aliphatic carbocycles. The van der Waals surface area contributed by atoms with E-state index in [2.05, 4.69) is 80.7 Å². The zero-order valence-electron chi connectivity index (χ0n) is 50.0. The van der Waals surface area contributed by atoms with E-state index >= 15 is 13.2 Å². The highest BCUT2D eigenvalue weighted by Gasteiger charge is 2.36. The molecule has 442 valence electrons. The molecule has 8 nitrogen and oxygen atoms in total. The van der Waals surface area contributed by atoms with Gasteiger partial charge in [0, 0.05) is 71.6 Å². The van der Waals surface area contributed by atoms with Crippen LogP contribution in [0.25, 0.3) is 161 Å². The molecule has 0 saturated heterocycles. The number of halogens is 3. The molecule has 0 unspecified atom stereocenters. The SMILES string of the molecule is [C-]#[N+]c1cccc(C(F)(F)F)c1-c1cc(-n2c3cc(-c4cccc(-c5ccccc5)n4)ccc3c3ccc(-c4cccc(-c5ccccc5)n4)cc32)c(-n2c3cc(-c4cccc(-c5ccccc5)n4)ccc3c3ccc(-c4cccc(-c5ccccc5)n4)cc32)cc1C#N. The normalized spacial score (nSPS) is 11.5. The fourth-order valence-corrected chi connectivity index (χ4v) is 13.0. The third kappa shape index (κ3) is 10.1. The van der Waals surface area contributed by atoms with Crippen LogP contribution >= 0.6 is 0 Å². The van der Waals surface area contributed by atoms with Gasteiger partial charge in [-0.25, -0.2) is 24.8 Å². The van der Waals surface area contributed by atoms with Gasteiger partial charge in [-0.3, -0.25) is 0 Å². The van der Waals surface area contributed by atoms with Gasteiger partial charge in [0.25, 0.3) is 0 Å². The molecule has 16 rings (SSSR count). The summed E-state index contributed by atoms with van der Waals surface area (Å²) in [6.07, 6.45) is -4.92. The lowest BCUT2D eigenvalue weighted by Gasteiger charge is -2.22. The minimum Gasteiger partial charge on any atom is -0.307 e. The van der Waals surface area contributed by atoms with Gasteiger partial charge in [-0.1, -0.05) is 212 Å². The summed E-state index contributed by atoms with van der Waals surface area (Å²) in [5, 5.41) is 15.1. The van der Waals surface area contributed by atoms with Gasteiger partial charge in [0.1, 0.15) is 0 Å². The highest BCUT2D eigenvalue weighted by Crippen LogP contribution is 2.48. The van der Waals surface area contributed by atoms with E-state index in [9.17, 15) is 5.26 Å². The van der Waals surface area contributed by atoms with Crippen molar-refractivity contribution in [3.8, 4) is 119 Å². The lowest BCUT2D eigenvalue weighted by molar-refractivity contribution is -0.137. The molecule has 0 fully saturated rings. The number of rotatable bonds is 11. The van der Waals surface area contributed by atoms with E-state index in [0.29, 0.717) is 45.2 Å². The van der Waals surface area contributed by atoms with Crippen LogP contribution in [0.4, 0.5) is 18.9 Å². The molecule has 10 aromatic carbocycles. The van der Waals surface area contributed by atoms with E-state index in [1.54, 1.807) is 12.1 Å². The number of hydrogen-bond acceptors (Lipinski definition) is 5.